The topological polar surface area (TPSA) is 98.7 Å². The molecule has 0 spiro atoms. The average Bonchev–Trinajstić information content (AvgIpc) is 2.74. The third-order valence-electron chi connectivity index (χ3n) is 2.04. The summed E-state index contributed by atoms with van der Waals surface area (Å²) in [6.07, 6.45) is 0.925. The van der Waals surface area contributed by atoms with Gasteiger partial charge in [0.15, 0.2) is 0 Å². The Bertz CT molecular complexity index is 355. The largest absolute Gasteiger partial charge is 0.355 e. The van der Waals surface area contributed by atoms with Crippen molar-refractivity contribution in [2.24, 2.45) is 5.73 Å². The number of nitrogens with zero attached hydrogens (tertiary/aromatic N) is 4. The highest BCUT2D eigenvalue weighted by atomic mass is 32.2. The summed E-state index contributed by atoms with van der Waals surface area (Å²) in [7, 11) is 0. The summed E-state index contributed by atoms with van der Waals surface area (Å²) in [6.45, 7) is 5.56. The molecule has 7 nitrogen and oxygen atoms in total. The van der Waals surface area contributed by atoms with Crippen molar-refractivity contribution in [2.45, 2.75) is 37.2 Å². The predicted molar refractivity (Wildman–Crippen MR) is 65.5 cm³/mol. The molecule has 8 heteroatoms. The van der Waals surface area contributed by atoms with Gasteiger partial charge in [0.1, 0.15) is 0 Å². The van der Waals surface area contributed by atoms with E-state index in [1.54, 1.807) is 4.68 Å². The molecule has 1 rings (SSSR count). The van der Waals surface area contributed by atoms with E-state index in [9.17, 15) is 4.79 Å². The Labute approximate surface area is 105 Å². The molecule has 3 N–H and O–H groups in total. The smallest absolute Gasteiger partial charge is 0.233 e. The van der Waals surface area contributed by atoms with Crippen LogP contribution >= 0.6 is 11.8 Å². The zero-order chi connectivity index (χ0) is 12.7. The lowest BCUT2D eigenvalue weighted by Crippen LogP contribution is -2.31. The highest BCUT2D eigenvalue weighted by molar-refractivity contribution is 8.00. The maximum atomic E-state index is 11.7. The Morgan fingerprint density at radius 3 is 3.06 bits per heavy atom. The van der Waals surface area contributed by atoms with E-state index in [-0.39, 0.29) is 11.2 Å². The number of nitrogens with one attached hydrogen (secondary N) is 1. The van der Waals surface area contributed by atoms with Gasteiger partial charge in [0, 0.05) is 13.1 Å². The lowest BCUT2D eigenvalue weighted by atomic mass is 10.4. The van der Waals surface area contributed by atoms with E-state index in [0.29, 0.717) is 24.8 Å². The second-order valence-electron chi connectivity index (χ2n) is 3.52. The molecule has 96 valence electrons. The number of aromatic nitrogens is 4. The van der Waals surface area contributed by atoms with Crippen LogP contribution < -0.4 is 11.1 Å². The molecule has 0 fully saturated rings. The Morgan fingerprint density at radius 1 is 1.65 bits per heavy atom. The van der Waals surface area contributed by atoms with E-state index < -0.39 is 0 Å². The summed E-state index contributed by atoms with van der Waals surface area (Å²) in [5, 5.41) is 14.5. The Morgan fingerprint density at radius 2 is 2.41 bits per heavy atom. The van der Waals surface area contributed by atoms with Gasteiger partial charge in [0.05, 0.1) is 11.8 Å². The number of carbonyl (C=O) groups excluding carboxylic acids is 1. The third kappa shape index (κ3) is 4.31. The van der Waals surface area contributed by atoms with E-state index in [2.05, 4.69) is 20.8 Å². The summed E-state index contributed by atoms with van der Waals surface area (Å²) in [5.41, 5.74) is 5.44. The second-order valence-corrected chi connectivity index (χ2v) is 4.83. The minimum absolute atomic E-state index is 0.000788. The van der Waals surface area contributed by atoms with Crippen LogP contribution in [0.15, 0.2) is 5.16 Å². The molecule has 0 aromatic carbocycles. The van der Waals surface area contributed by atoms with Crippen molar-refractivity contribution in [3.63, 3.8) is 0 Å². The number of rotatable bonds is 7. The fraction of sp³-hybridized carbons (Fsp3) is 0.778. The molecule has 0 aliphatic carbocycles. The number of hydrogen-bond donors (Lipinski definition) is 2. The van der Waals surface area contributed by atoms with Crippen LogP contribution in [0.25, 0.3) is 0 Å². The van der Waals surface area contributed by atoms with E-state index in [1.807, 2.05) is 13.8 Å². The highest BCUT2D eigenvalue weighted by Gasteiger charge is 2.17. The Balaban J connectivity index is 2.51. The van der Waals surface area contributed by atoms with Crippen LogP contribution in [0.4, 0.5) is 0 Å². The molecule has 1 heterocycles. The summed E-state index contributed by atoms with van der Waals surface area (Å²) in [5.74, 6) is -0.000788. The van der Waals surface area contributed by atoms with Gasteiger partial charge in [-0.2, -0.15) is 0 Å². The summed E-state index contributed by atoms with van der Waals surface area (Å²) >= 11 is 1.33. The monoisotopic (exact) mass is 258 g/mol. The minimum atomic E-state index is -0.218. The van der Waals surface area contributed by atoms with Crippen LogP contribution in [0.5, 0.6) is 0 Å². The minimum Gasteiger partial charge on any atom is -0.355 e. The van der Waals surface area contributed by atoms with Gasteiger partial charge in [-0.05, 0) is 23.8 Å². The van der Waals surface area contributed by atoms with Crippen LogP contribution in [0.2, 0.25) is 0 Å². The zero-order valence-corrected chi connectivity index (χ0v) is 10.9. The predicted octanol–water partition coefficient (Wildman–Crippen LogP) is -0.361. The molecular formula is C9H18N6OS. The van der Waals surface area contributed by atoms with Crippen molar-refractivity contribution >= 4 is 17.7 Å². The van der Waals surface area contributed by atoms with Gasteiger partial charge in [0.25, 0.3) is 0 Å². The second kappa shape index (κ2) is 7.23. The van der Waals surface area contributed by atoms with E-state index in [4.69, 9.17) is 5.73 Å². The number of amides is 1. The molecule has 0 aliphatic rings. The van der Waals surface area contributed by atoms with Crippen LogP contribution in [0.1, 0.15) is 20.3 Å². The summed E-state index contributed by atoms with van der Waals surface area (Å²) in [6, 6.07) is 0. The van der Waals surface area contributed by atoms with E-state index in [0.717, 1.165) is 6.42 Å². The maximum Gasteiger partial charge on any atom is 0.233 e. The van der Waals surface area contributed by atoms with Crippen LogP contribution in [0, 0.1) is 0 Å². The van der Waals surface area contributed by atoms with Crippen LogP contribution in [-0.2, 0) is 11.3 Å². The fourth-order valence-electron chi connectivity index (χ4n) is 1.15. The first-order chi connectivity index (χ1) is 8.19. The molecular weight excluding hydrogens is 240 g/mol. The van der Waals surface area contributed by atoms with E-state index in [1.165, 1.54) is 11.8 Å². The molecule has 1 atom stereocenters. The molecule has 0 bridgehead atoms. The first-order valence-electron chi connectivity index (χ1n) is 5.59. The quantitative estimate of drug-likeness (QED) is 0.648. The molecule has 1 unspecified atom stereocenters. The van der Waals surface area contributed by atoms with Crippen LogP contribution in [0.3, 0.4) is 0 Å². The molecule has 0 aliphatic heterocycles. The normalized spacial score (nSPS) is 12.4. The van der Waals surface area contributed by atoms with Crippen molar-refractivity contribution in [1.29, 1.82) is 0 Å². The third-order valence-corrected chi connectivity index (χ3v) is 3.11. The SMILES string of the molecule is CCCNC(=O)C(C)Sc1nnnn1CCN. The van der Waals surface area contributed by atoms with Gasteiger partial charge < -0.3 is 11.1 Å². The van der Waals surface area contributed by atoms with Crippen molar-refractivity contribution < 1.29 is 4.79 Å². The average molecular weight is 258 g/mol. The van der Waals surface area contributed by atoms with Gasteiger partial charge in [-0.15, -0.1) is 5.10 Å². The lowest BCUT2D eigenvalue weighted by molar-refractivity contribution is -0.120. The van der Waals surface area contributed by atoms with E-state index >= 15 is 0 Å². The zero-order valence-electron chi connectivity index (χ0n) is 10.1. The van der Waals surface area contributed by atoms with Gasteiger partial charge >= 0.3 is 0 Å². The standard InChI is InChI=1S/C9H18N6OS/c1-3-5-11-8(16)7(2)17-9-12-13-14-15(9)6-4-10/h7H,3-6,10H2,1-2H3,(H,11,16). The Kier molecular flexibility index (Phi) is 5.92. The highest BCUT2D eigenvalue weighted by Crippen LogP contribution is 2.19. The van der Waals surface area contributed by atoms with Gasteiger partial charge in [-0.25, -0.2) is 4.68 Å². The van der Waals surface area contributed by atoms with Gasteiger partial charge in [-0.1, -0.05) is 18.7 Å². The van der Waals surface area contributed by atoms with Gasteiger partial charge in [-0.3, -0.25) is 4.79 Å². The number of carbonyl (C=O) groups is 1. The molecule has 1 aromatic heterocycles. The van der Waals surface area contributed by atoms with Crippen molar-refractivity contribution in [3.05, 3.63) is 0 Å². The fourth-order valence-corrected chi connectivity index (χ4v) is 1.99. The molecule has 0 saturated heterocycles. The van der Waals surface area contributed by atoms with Crippen molar-refractivity contribution in [3.8, 4) is 0 Å². The molecule has 17 heavy (non-hydrogen) atoms. The number of thioether (sulfide) groups is 1. The molecule has 1 amide bonds. The maximum absolute atomic E-state index is 11.7. The molecule has 1 aromatic rings. The van der Waals surface area contributed by atoms with Crippen molar-refractivity contribution in [1.82, 2.24) is 25.5 Å². The molecule has 0 radical (unpaired) electrons. The van der Waals surface area contributed by atoms with Gasteiger partial charge in [0.2, 0.25) is 11.1 Å². The number of nitrogens with two attached hydrogens (primary N) is 1. The first-order valence-corrected chi connectivity index (χ1v) is 6.47. The van der Waals surface area contributed by atoms with Crippen LogP contribution in [-0.4, -0.2) is 44.5 Å². The number of tetrazole rings is 1. The first kappa shape index (κ1) is 13.9. The molecule has 0 saturated carbocycles. The Hall–Kier alpha value is -1.15. The summed E-state index contributed by atoms with van der Waals surface area (Å²) in [4.78, 5) is 11.7. The van der Waals surface area contributed by atoms with Crippen molar-refractivity contribution in [2.75, 3.05) is 13.1 Å². The number of hydrogen-bond acceptors (Lipinski definition) is 6. The lowest BCUT2D eigenvalue weighted by Gasteiger charge is -2.10. The summed E-state index contributed by atoms with van der Waals surface area (Å²) < 4.78 is 1.61.